The van der Waals surface area contributed by atoms with Crippen LogP contribution in [-0.4, -0.2) is 47.8 Å². The summed E-state index contributed by atoms with van der Waals surface area (Å²) < 4.78 is 9.36. The van der Waals surface area contributed by atoms with E-state index in [0.29, 0.717) is 35.2 Å². The zero-order valence-corrected chi connectivity index (χ0v) is 50.3. The Kier molecular flexibility index (Phi) is 11.2. The first-order valence-corrected chi connectivity index (χ1v) is 31.7. The maximum absolute atomic E-state index is 5.25. The standard InChI is InChI=1S/C45H27N5.C39H23N5/c1-3-12-28(13-4-1)29-22-24-31(25-23-29)44-46-43(30-14-5-2-6-15-30)47-45(48-44)50-38-21-11-18-34-32-16-7-9-19-36(32)49-37-20-10-8-17-33(37)35-26-27-39(50)41(40(34)38)42(35)49;1-3-12-24(13-4-1)37-40-38(25-14-5-2-6-15-25)42-39(41-37)44-32-21-11-18-28-26-16-7-9-19-30(26)43-31-20-10-8-17-27(31)29-22-23-33(44)35(34(28)32)36(29)43/h1-27H;1-23H. The number of hydrogen-bond acceptors (Lipinski definition) is 6. The van der Waals surface area contributed by atoms with E-state index in [1.165, 1.54) is 103 Å². The van der Waals surface area contributed by atoms with E-state index in [4.69, 9.17) is 29.9 Å². The van der Waals surface area contributed by atoms with Crippen LogP contribution in [0.4, 0.5) is 0 Å². The Balaban J connectivity index is 0.000000130. The Morgan fingerprint density at radius 1 is 0.170 bits per heavy atom. The molecule has 8 heterocycles. The summed E-state index contributed by atoms with van der Waals surface area (Å²) in [5.41, 5.74) is 17.6. The molecule has 0 radical (unpaired) electrons. The monoisotopic (exact) mass is 1200 g/mol. The molecule has 436 valence electrons. The van der Waals surface area contributed by atoms with Crippen molar-refractivity contribution in [1.29, 1.82) is 0 Å². The minimum atomic E-state index is 0.592. The SMILES string of the molecule is c1ccc(-c2ccc(-c3nc(-c4ccccc4)nc(-n4c5cccc6c7ccccc7n7c8ccccc8c8ccc4c(c65)c87)n3)cc2)cc1.c1ccc(-c2nc(-c3ccccc3)nc(-n3c4cccc5c6ccccc6n6c7ccccc7c7ccc3c(c54)c76)n2)cc1. The second kappa shape index (κ2) is 20.3. The van der Waals surface area contributed by atoms with Crippen molar-refractivity contribution in [2.24, 2.45) is 0 Å². The molecule has 10 nitrogen and oxygen atoms in total. The Bertz CT molecular complexity index is 6510. The van der Waals surface area contributed by atoms with E-state index in [0.717, 1.165) is 49.9 Å². The molecule has 0 atom stereocenters. The highest BCUT2D eigenvalue weighted by molar-refractivity contribution is 6.34. The smallest absolute Gasteiger partial charge is 0.238 e. The van der Waals surface area contributed by atoms with Gasteiger partial charge in [-0.2, -0.15) is 19.9 Å². The van der Waals surface area contributed by atoms with Crippen molar-refractivity contribution < 1.29 is 0 Å². The summed E-state index contributed by atoms with van der Waals surface area (Å²) in [5, 5.41) is 14.6. The molecule has 0 aliphatic carbocycles. The van der Waals surface area contributed by atoms with E-state index >= 15 is 0 Å². The van der Waals surface area contributed by atoms with Crippen LogP contribution in [0.15, 0.2) is 303 Å². The fraction of sp³-hybridized carbons (Fsp3) is 0. The number of nitrogens with zero attached hydrogens (tertiary/aromatic N) is 10. The minimum absolute atomic E-state index is 0.592. The van der Waals surface area contributed by atoms with Gasteiger partial charge in [-0.1, -0.05) is 255 Å². The predicted molar refractivity (Wildman–Crippen MR) is 385 cm³/mol. The predicted octanol–water partition coefficient (Wildman–Crippen LogP) is 20.6. The van der Waals surface area contributed by atoms with Gasteiger partial charge in [0.05, 0.1) is 55.2 Å². The number of rotatable bonds is 7. The first-order valence-electron chi connectivity index (χ1n) is 31.7. The van der Waals surface area contributed by atoms with Gasteiger partial charge in [-0.05, 0) is 70.4 Å². The lowest BCUT2D eigenvalue weighted by atomic mass is 10.0. The van der Waals surface area contributed by atoms with E-state index in [2.05, 4.69) is 261 Å². The Morgan fingerprint density at radius 3 is 0.809 bits per heavy atom. The number of aromatic nitrogens is 10. The molecule has 0 saturated heterocycles. The third-order valence-corrected chi connectivity index (χ3v) is 19.0. The van der Waals surface area contributed by atoms with Crippen molar-refractivity contribution in [3.63, 3.8) is 0 Å². The summed E-state index contributed by atoms with van der Waals surface area (Å²) in [6.07, 6.45) is 0. The lowest BCUT2D eigenvalue weighted by molar-refractivity contribution is 0.953. The van der Waals surface area contributed by atoms with Gasteiger partial charge in [0, 0.05) is 76.1 Å². The van der Waals surface area contributed by atoms with E-state index < -0.39 is 0 Å². The van der Waals surface area contributed by atoms with Gasteiger partial charge in [0.2, 0.25) is 11.9 Å². The summed E-state index contributed by atoms with van der Waals surface area (Å²) in [7, 11) is 0. The van der Waals surface area contributed by atoms with E-state index in [9.17, 15) is 0 Å². The molecule has 13 aromatic carbocycles. The van der Waals surface area contributed by atoms with Gasteiger partial charge >= 0.3 is 0 Å². The molecule has 21 aromatic rings. The summed E-state index contributed by atoms with van der Waals surface area (Å²) in [4.78, 5) is 30.8. The minimum Gasteiger partial charge on any atom is -0.308 e. The molecule has 0 aliphatic rings. The second-order valence-corrected chi connectivity index (χ2v) is 24.1. The van der Waals surface area contributed by atoms with Crippen LogP contribution in [0.1, 0.15) is 0 Å². The van der Waals surface area contributed by atoms with Crippen LogP contribution < -0.4 is 0 Å². The van der Waals surface area contributed by atoms with Crippen molar-refractivity contribution >= 4 is 120 Å². The first-order chi connectivity index (χ1) is 46.7. The molecule has 0 aliphatic heterocycles. The molecule has 0 fully saturated rings. The van der Waals surface area contributed by atoms with E-state index in [1.807, 2.05) is 60.7 Å². The topological polar surface area (TPSA) is 96.0 Å². The maximum Gasteiger partial charge on any atom is 0.238 e. The first kappa shape index (κ1) is 51.9. The highest BCUT2D eigenvalue weighted by Gasteiger charge is 2.27. The quantitative estimate of drug-likeness (QED) is 0.158. The summed E-state index contributed by atoms with van der Waals surface area (Å²) in [6.45, 7) is 0. The van der Waals surface area contributed by atoms with Crippen LogP contribution in [0.2, 0.25) is 0 Å². The van der Waals surface area contributed by atoms with Gasteiger partial charge in [-0.15, -0.1) is 0 Å². The molecule has 10 heteroatoms. The molecule has 21 rings (SSSR count). The molecule has 94 heavy (non-hydrogen) atoms. The van der Waals surface area contributed by atoms with Crippen molar-refractivity contribution in [3.8, 4) is 68.6 Å². The average Bonchev–Trinajstić information content (AvgIpc) is 1.53. The summed E-state index contributed by atoms with van der Waals surface area (Å²) >= 11 is 0. The van der Waals surface area contributed by atoms with Crippen LogP contribution in [0, 0.1) is 0 Å². The van der Waals surface area contributed by atoms with Crippen LogP contribution in [0.25, 0.3) is 188 Å². The number of fused-ring (bicyclic) bond motifs is 12. The van der Waals surface area contributed by atoms with Gasteiger partial charge in [0.15, 0.2) is 23.3 Å². The zero-order valence-electron chi connectivity index (χ0n) is 50.3. The Morgan fingerprint density at radius 2 is 0.436 bits per heavy atom. The van der Waals surface area contributed by atoms with Crippen LogP contribution >= 0.6 is 0 Å². The fourth-order valence-corrected chi connectivity index (χ4v) is 15.0. The third-order valence-electron chi connectivity index (χ3n) is 19.0. The van der Waals surface area contributed by atoms with Crippen LogP contribution in [-0.2, 0) is 0 Å². The normalized spacial score (nSPS) is 12.0. The van der Waals surface area contributed by atoms with Gasteiger partial charge in [-0.3, -0.25) is 9.13 Å². The Labute approximate surface area is 536 Å². The highest BCUT2D eigenvalue weighted by Crippen LogP contribution is 2.47. The van der Waals surface area contributed by atoms with E-state index in [-0.39, 0.29) is 0 Å². The highest BCUT2D eigenvalue weighted by atomic mass is 15.2. The lowest BCUT2D eigenvalue weighted by Crippen LogP contribution is -2.06. The summed E-state index contributed by atoms with van der Waals surface area (Å²) in [5.74, 6) is 3.75. The zero-order chi connectivity index (χ0) is 61.5. The van der Waals surface area contributed by atoms with Crippen LogP contribution in [0.5, 0.6) is 0 Å². The molecule has 0 spiro atoms. The molecule has 0 amide bonds. The van der Waals surface area contributed by atoms with Gasteiger partial charge in [-0.25, -0.2) is 9.97 Å². The molecule has 0 N–H and O–H groups in total. The molecule has 8 aromatic heterocycles. The van der Waals surface area contributed by atoms with Gasteiger partial charge in [0.1, 0.15) is 0 Å². The fourth-order valence-electron chi connectivity index (χ4n) is 15.0. The van der Waals surface area contributed by atoms with Crippen molar-refractivity contribution in [2.45, 2.75) is 0 Å². The average molecular weight is 1200 g/mol. The van der Waals surface area contributed by atoms with Crippen molar-refractivity contribution in [1.82, 2.24) is 47.8 Å². The largest absolute Gasteiger partial charge is 0.308 e. The van der Waals surface area contributed by atoms with E-state index in [1.54, 1.807) is 0 Å². The number of benzene rings is 13. The molecular formula is C84H50N10. The second-order valence-electron chi connectivity index (χ2n) is 24.1. The third kappa shape index (κ3) is 7.65. The maximum atomic E-state index is 5.25. The molecule has 0 unspecified atom stereocenters. The molecule has 0 saturated carbocycles. The van der Waals surface area contributed by atoms with Crippen molar-refractivity contribution in [3.05, 3.63) is 303 Å². The van der Waals surface area contributed by atoms with Crippen molar-refractivity contribution in [2.75, 3.05) is 0 Å². The lowest BCUT2D eigenvalue weighted by Gasteiger charge is -2.11. The molecular weight excluding hydrogens is 1150 g/mol. The van der Waals surface area contributed by atoms with Crippen LogP contribution in [0.3, 0.4) is 0 Å². The Hall–Kier alpha value is -12.9. The van der Waals surface area contributed by atoms with Gasteiger partial charge < -0.3 is 8.80 Å². The number of para-hydroxylation sites is 4. The summed E-state index contributed by atoms with van der Waals surface area (Å²) in [6, 6.07) is 107. The molecule has 0 bridgehead atoms. The number of hydrogen-bond donors (Lipinski definition) is 0. The van der Waals surface area contributed by atoms with Gasteiger partial charge in [0.25, 0.3) is 0 Å².